The molecule has 3 aromatic heterocycles. The standard InChI is InChI=1S/C40H38F2N10O3S/c1-4-31-34(41)14-11-24-7-5-10-32(35(24)31)37-36(42)38-33(17-43-37)39(51-19-26-12-13-27(20-51)46-26)48-40(47-38)55-21-29-15-28(18-50(29)3)45-25-8-6-9-30(16-25)56(53,54)52-22-44-23(2)49-52/h1,5-11,14,16-17,22,26-29,45-46H,12-13,15,18-21H2,2-3H3/t26?,27?,28-,29+/m1/s1. The number of likely N-dealkylation sites (N-methyl/N-ethyl adjacent to an activating group) is 1. The van der Waals surface area contributed by atoms with E-state index in [2.05, 4.69) is 46.4 Å². The van der Waals surface area contributed by atoms with E-state index < -0.39 is 21.7 Å². The molecule has 3 aliphatic heterocycles. The number of nitrogens with one attached hydrogen (secondary N) is 2. The molecular weight excluding hydrogens is 739 g/mol. The molecule has 3 fully saturated rings. The largest absolute Gasteiger partial charge is 0.462 e. The van der Waals surface area contributed by atoms with Crippen LogP contribution in [0.2, 0.25) is 0 Å². The summed E-state index contributed by atoms with van der Waals surface area (Å²) in [6.07, 6.45) is 11.3. The van der Waals surface area contributed by atoms with Crippen LogP contribution in [0.5, 0.6) is 6.01 Å². The fourth-order valence-corrected chi connectivity index (χ4v) is 9.40. The van der Waals surface area contributed by atoms with Gasteiger partial charge in [-0.3, -0.25) is 9.88 Å². The second-order valence-electron chi connectivity index (χ2n) is 14.7. The van der Waals surface area contributed by atoms with Crippen LogP contribution in [-0.2, 0) is 10.0 Å². The molecule has 3 saturated heterocycles. The van der Waals surface area contributed by atoms with Crippen LogP contribution in [0.25, 0.3) is 32.9 Å². The molecule has 0 amide bonds. The van der Waals surface area contributed by atoms with Crippen molar-refractivity contribution in [1.29, 1.82) is 0 Å². The number of aryl methyl sites for hydroxylation is 1. The van der Waals surface area contributed by atoms with Gasteiger partial charge in [0.05, 0.1) is 15.8 Å². The van der Waals surface area contributed by atoms with Crippen molar-refractivity contribution in [2.24, 2.45) is 0 Å². The molecule has 2 bridgehead atoms. The number of nitrogens with zero attached hydrogens (tertiary/aromatic N) is 8. The number of hydrogen-bond acceptors (Lipinski definition) is 12. The topological polar surface area (TPSA) is 143 Å². The number of fused-ring (bicyclic) bond motifs is 4. The van der Waals surface area contributed by atoms with Gasteiger partial charge in [0, 0.05) is 66.6 Å². The van der Waals surface area contributed by atoms with Gasteiger partial charge in [0.25, 0.3) is 10.0 Å². The summed E-state index contributed by atoms with van der Waals surface area (Å²) < 4.78 is 65.3. The number of pyridine rings is 1. The van der Waals surface area contributed by atoms with Crippen molar-refractivity contribution in [1.82, 2.24) is 39.3 Å². The van der Waals surface area contributed by atoms with Crippen molar-refractivity contribution in [3.8, 4) is 29.6 Å². The van der Waals surface area contributed by atoms with Crippen molar-refractivity contribution < 1.29 is 21.9 Å². The third-order valence-corrected chi connectivity index (χ3v) is 12.5. The Morgan fingerprint density at radius 3 is 2.61 bits per heavy atom. The molecule has 0 aliphatic carbocycles. The molecule has 6 aromatic rings. The Kier molecular flexibility index (Phi) is 9.02. The molecule has 2 N–H and O–H groups in total. The molecule has 3 aromatic carbocycles. The molecule has 0 spiro atoms. The van der Waals surface area contributed by atoms with Crippen LogP contribution in [0.1, 0.15) is 30.7 Å². The molecule has 4 atom stereocenters. The van der Waals surface area contributed by atoms with Gasteiger partial charge < -0.3 is 20.3 Å². The predicted octanol–water partition coefficient (Wildman–Crippen LogP) is 4.75. The summed E-state index contributed by atoms with van der Waals surface area (Å²) in [6.45, 7) is 3.90. The summed E-state index contributed by atoms with van der Waals surface area (Å²) >= 11 is 0. The first-order valence-electron chi connectivity index (χ1n) is 18.4. The van der Waals surface area contributed by atoms with Crippen LogP contribution < -0.4 is 20.3 Å². The Hall–Kier alpha value is -5.76. The van der Waals surface area contributed by atoms with Crippen LogP contribution in [0.4, 0.5) is 20.3 Å². The number of likely N-dealkylation sites (tertiary alicyclic amines) is 1. The lowest BCUT2D eigenvalue weighted by Gasteiger charge is -2.34. The number of ether oxygens (including phenoxy) is 1. The number of rotatable bonds is 9. The van der Waals surface area contributed by atoms with Crippen molar-refractivity contribution >= 4 is 43.2 Å². The molecule has 16 heteroatoms. The van der Waals surface area contributed by atoms with Crippen molar-refractivity contribution in [3.63, 3.8) is 0 Å². The minimum atomic E-state index is -3.90. The zero-order valence-electron chi connectivity index (χ0n) is 30.7. The van der Waals surface area contributed by atoms with Gasteiger partial charge in [0.2, 0.25) is 0 Å². The molecule has 13 nitrogen and oxygen atoms in total. The zero-order valence-corrected chi connectivity index (χ0v) is 31.5. The van der Waals surface area contributed by atoms with Gasteiger partial charge in [0.15, 0.2) is 5.82 Å². The lowest BCUT2D eigenvalue weighted by molar-refractivity contribution is 0.188. The van der Waals surface area contributed by atoms with E-state index in [-0.39, 0.29) is 58.5 Å². The molecule has 286 valence electrons. The molecule has 6 heterocycles. The van der Waals surface area contributed by atoms with Crippen molar-refractivity contribution in [3.05, 3.63) is 90.1 Å². The van der Waals surface area contributed by atoms with Crippen molar-refractivity contribution in [2.75, 3.05) is 43.5 Å². The second kappa shape index (κ2) is 14.1. The first kappa shape index (κ1) is 35.9. The summed E-state index contributed by atoms with van der Waals surface area (Å²) in [5.74, 6) is 2.09. The number of piperazine rings is 1. The van der Waals surface area contributed by atoms with E-state index in [1.54, 1.807) is 49.5 Å². The van der Waals surface area contributed by atoms with Gasteiger partial charge in [-0.05, 0) is 62.9 Å². The Balaban J connectivity index is 1.00. The normalized spacial score (nSPS) is 21.2. The zero-order chi connectivity index (χ0) is 38.7. The average Bonchev–Trinajstić information content (AvgIpc) is 3.90. The number of hydrogen-bond donors (Lipinski definition) is 2. The second-order valence-corrected chi connectivity index (χ2v) is 16.5. The van der Waals surface area contributed by atoms with Gasteiger partial charge in [0.1, 0.15) is 41.6 Å². The summed E-state index contributed by atoms with van der Waals surface area (Å²) in [7, 11) is -1.92. The van der Waals surface area contributed by atoms with E-state index in [1.165, 1.54) is 18.5 Å². The minimum Gasteiger partial charge on any atom is -0.462 e. The van der Waals surface area contributed by atoms with Crippen molar-refractivity contribution in [2.45, 2.75) is 55.2 Å². The first-order chi connectivity index (χ1) is 27.0. The third kappa shape index (κ3) is 6.45. The number of benzene rings is 3. The van der Waals surface area contributed by atoms with E-state index in [0.717, 1.165) is 16.9 Å². The summed E-state index contributed by atoms with van der Waals surface area (Å²) in [5, 5.41) is 12.6. The lowest BCUT2D eigenvalue weighted by Crippen LogP contribution is -2.51. The van der Waals surface area contributed by atoms with E-state index in [1.807, 2.05) is 13.1 Å². The van der Waals surface area contributed by atoms with Gasteiger partial charge in [-0.1, -0.05) is 36.3 Å². The highest BCUT2D eigenvalue weighted by Gasteiger charge is 2.35. The van der Waals surface area contributed by atoms with Crippen LogP contribution in [0, 0.1) is 30.9 Å². The molecule has 2 unspecified atom stereocenters. The average molecular weight is 777 g/mol. The third-order valence-electron chi connectivity index (χ3n) is 11.0. The van der Waals surface area contributed by atoms with Gasteiger partial charge in [-0.15, -0.1) is 15.6 Å². The van der Waals surface area contributed by atoms with Gasteiger partial charge in [-0.25, -0.2) is 13.8 Å². The fraction of sp³-hybridized carbons (Fsp3) is 0.325. The SMILES string of the molecule is C#Cc1c(F)ccc2cccc(-c3ncc4c(N5CC6CCC(C5)N6)nc(OC[C@@H]5C[C@@H](Nc6cccc(S(=O)(=O)n7cnc(C)n7)c6)CN5C)nc4c3F)c12. The van der Waals surface area contributed by atoms with E-state index >= 15 is 4.39 Å². The van der Waals surface area contributed by atoms with Gasteiger partial charge >= 0.3 is 6.01 Å². The fourth-order valence-electron chi connectivity index (χ4n) is 8.26. The van der Waals surface area contributed by atoms with Crippen LogP contribution in [0.15, 0.2) is 72.0 Å². The Bertz CT molecular complexity index is 2660. The summed E-state index contributed by atoms with van der Waals surface area (Å²) in [4.78, 5) is 22.4. The maximum absolute atomic E-state index is 16.9. The molecule has 9 rings (SSSR count). The molecular formula is C40H38F2N10O3S. The maximum atomic E-state index is 16.9. The number of halogens is 2. The Morgan fingerprint density at radius 2 is 1.84 bits per heavy atom. The maximum Gasteiger partial charge on any atom is 0.319 e. The van der Waals surface area contributed by atoms with Gasteiger partial charge in [-0.2, -0.15) is 18.4 Å². The Morgan fingerprint density at radius 1 is 1.04 bits per heavy atom. The smallest absolute Gasteiger partial charge is 0.319 e. The number of aromatic nitrogens is 6. The Labute approximate surface area is 322 Å². The highest BCUT2D eigenvalue weighted by molar-refractivity contribution is 7.89. The predicted molar refractivity (Wildman–Crippen MR) is 208 cm³/mol. The van der Waals surface area contributed by atoms with Crippen LogP contribution in [0.3, 0.4) is 0 Å². The lowest BCUT2D eigenvalue weighted by atomic mass is 9.96. The monoisotopic (exact) mass is 776 g/mol. The van der Waals surface area contributed by atoms with E-state index in [4.69, 9.17) is 16.1 Å². The quantitative estimate of drug-likeness (QED) is 0.196. The highest BCUT2D eigenvalue weighted by Crippen LogP contribution is 2.37. The number of terminal acetylenes is 1. The van der Waals surface area contributed by atoms with E-state index in [0.29, 0.717) is 65.1 Å². The summed E-state index contributed by atoms with van der Waals surface area (Å²) in [5.41, 5.74) is 1.10. The minimum absolute atomic E-state index is 0.00102. The van der Waals surface area contributed by atoms with E-state index in [9.17, 15) is 12.8 Å². The molecule has 56 heavy (non-hydrogen) atoms. The summed E-state index contributed by atoms with van der Waals surface area (Å²) in [6, 6.07) is 15.3. The van der Waals surface area contributed by atoms with Crippen LogP contribution >= 0.6 is 0 Å². The highest BCUT2D eigenvalue weighted by atomic mass is 32.2. The molecule has 3 aliphatic rings. The number of anilines is 2. The first-order valence-corrected chi connectivity index (χ1v) is 19.9. The molecule has 0 radical (unpaired) electrons. The molecule has 0 saturated carbocycles. The van der Waals surface area contributed by atoms with Crippen LogP contribution in [-0.4, -0.2) is 99.9 Å².